The number of likely N-dealkylation sites (N-methyl/N-ethyl adjacent to an activating group) is 1. The smallest absolute Gasteiger partial charge is 0.237 e. The van der Waals surface area contributed by atoms with Gasteiger partial charge in [-0.2, -0.15) is 0 Å². The maximum Gasteiger partial charge on any atom is 0.237 e. The molecule has 1 aliphatic heterocycles. The molecule has 0 spiro atoms. The largest absolute Gasteiger partial charge is 0.386 e. The van der Waals surface area contributed by atoms with Gasteiger partial charge < -0.3 is 10.4 Å². The highest BCUT2D eigenvalue weighted by Crippen LogP contribution is 2.18. The fourth-order valence-electron chi connectivity index (χ4n) is 2.74. The van der Waals surface area contributed by atoms with Gasteiger partial charge in [0.15, 0.2) is 0 Å². The number of likely N-dealkylation sites (tertiary alicyclic amines) is 1. The summed E-state index contributed by atoms with van der Waals surface area (Å²) in [4.78, 5) is 14.4. The van der Waals surface area contributed by atoms with E-state index in [1.54, 1.807) is 0 Å². The van der Waals surface area contributed by atoms with Crippen LogP contribution in [-0.4, -0.2) is 41.6 Å². The van der Waals surface area contributed by atoms with Crippen LogP contribution < -0.4 is 5.32 Å². The van der Waals surface area contributed by atoms with Crippen molar-refractivity contribution in [3.8, 4) is 0 Å². The second-order valence-corrected chi connectivity index (χ2v) is 5.64. The Labute approximate surface area is 120 Å². The lowest BCUT2D eigenvalue weighted by Crippen LogP contribution is -2.50. The van der Waals surface area contributed by atoms with E-state index < -0.39 is 6.10 Å². The molecule has 0 aliphatic carbocycles. The molecule has 0 bridgehead atoms. The summed E-state index contributed by atoms with van der Waals surface area (Å²) in [5, 5.41) is 13.2. The molecule has 1 fully saturated rings. The molecule has 1 aromatic carbocycles. The molecule has 1 amide bonds. The summed E-state index contributed by atoms with van der Waals surface area (Å²) in [7, 11) is 1.99. The van der Waals surface area contributed by atoms with Crippen LogP contribution in [0.3, 0.4) is 0 Å². The zero-order valence-electron chi connectivity index (χ0n) is 12.2. The Bertz CT molecular complexity index is 435. The minimum atomic E-state index is -0.672. The van der Waals surface area contributed by atoms with Gasteiger partial charge in [0, 0.05) is 0 Å². The number of hydrogen-bond acceptors (Lipinski definition) is 3. The van der Waals surface area contributed by atoms with Crippen LogP contribution in [0.1, 0.15) is 37.9 Å². The molecule has 0 aromatic heterocycles. The molecule has 0 saturated carbocycles. The molecule has 1 heterocycles. The van der Waals surface area contributed by atoms with Gasteiger partial charge in [-0.1, -0.05) is 36.8 Å². The van der Waals surface area contributed by atoms with Gasteiger partial charge in [0.2, 0.25) is 5.91 Å². The van der Waals surface area contributed by atoms with E-state index in [0.29, 0.717) is 0 Å². The molecule has 1 aromatic rings. The SMILES string of the molecule is C[C@H](NC(=O)[C@@H]1CCCCN1C)[C@H](O)c1ccccc1. The minimum absolute atomic E-state index is 0.0229. The summed E-state index contributed by atoms with van der Waals surface area (Å²) >= 11 is 0. The molecule has 0 unspecified atom stereocenters. The second-order valence-electron chi connectivity index (χ2n) is 5.64. The lowest BCUT2D eigenvalue weighted by atomic mass is 10.00. The van der Waals surface area contributed by atoms with Crippen molar-refractivity contribution in [1.29, 1.82) is 0 Å². The topological polar surface area (TPSA) is 52.6 Å². The average Bonchev–Trinajstić information content (AvgIpc) is 2.47. The standard InChI is InChI=1S/C16H24N2O2/c1-12(15(19)13-8-4-3-5-9-13)17-16(20)14-10-6-7-11-18(14)2/h3-5,8-9,12,14-15,19H,6-7,10-11H2,1-2H3,(H,17,20)/t12-,14-,15-/m0/s1. The molecule has 3 atom stereocenters. The molecule has 4 heteroatoms. The zero-order valence-corrected chi connectivity index (χ0v) is 12.2. The summed E-state index contributed by atoms with van der Waals surface area (Å²) in [6.07, 6.45) is 2.48. The first-order chi connectivity index (χ1) is 9.59. The third kappa shape index (κ3) is 3.58. The Hall–Kier alpha value is -1.39. The van der Waals surface area contributed by atoms with E-state index in [4.69, 9.17) is 0 Å². The maximum atomic E-state index is 12.3. The number of aliphatic hydroxyl groups excluding tert-OH is 1. The van der Waals surface area contributed by atoms with Gasteiger partial charge in [-0.15, -0.1) is 0 Å². The van der Waals surface area contributed by atoms with Gasteiger partial charge in [0.25, 0.3) is 0 Å². The van der Waals surface area contributed by atoms with Crippen LogP contribution in [0, 0.1) is 0 Å². The maximum absolute atomic E-state index is 12.3. The van der Waals surface area contributed by atoms with E-state index in [0.717, 1.165) is 31.4 Å². The van der Waals surface area contributed by atoms with E-state index in [1.165, 1.54) is 0 Å². The Kier molecular flexibility index (Phi) is 5.15. The fourth-order valence-corrected chi connectivity index (χ4v) is 2.74. The molecule has 2 N–H and O–H groups in total. The second kappa shape index (κ2) is 6.86. The van der Waals surface area contributed by atoms with E-state index in [9.17, 15) is 9.90 Å². The van der Waals surface area contributed by atoms with Crippen molar-refractivity contribution in [3.63, 3.8) is 0 Å². The van der Waals surface area contributed by atoms with Crippen molar-refractivity contribution in [2.24, 2.45) is 0 Å². The Morgan fingerprint density at radius 3 is 2.70 bits per heavy atom. The van der Waals surface area contributed by atoms with Crippen molar-refractivity contribution < 1.29 is 9.90 Å². The number of nitrogens with zero attached hydrogens (tertiary/aromatic N) is 1. The van der Waals surface area contributed by atoms with Gasteiger partial charge in [0.05, 0.1) is 18.2 Å². The van der Waals surface area contributed by atoms with Gasteiger partial charge in [-0.25, -0.2) is 0 Å². The van der Waals surface area contributed by atoms with Gasteiger partial charge in [0.1, 0.15) is 0 Å². The zero-order chi connectivity index (χ0) is 14.5. The number of aliphatic hydroxyl groups is 1. The van der Waals surface area contributed by atoms with Crippen LogP contribution in [0.5, 0.6) is 0 Å². The molecular weight excluding hydrogens is 252 g/mol. The lowest BCUT2D eigenvalue weighted by Gasteiger charge is -2.32. The van der Waals surface area contributed by atoms with Gasteiger partial charge >= 0.3 is 0 Å². The van der Waals surface area contributed by atoms with E-state index in [2.05, 4.69) is 10.2 Å². The molecular formula is C16H24N2O2. The van der Waals surface area contributed by atoms with Crippen LogP contribution in [-0.2, 0) is 4.79 Å². The van der Waals surface area contributed by atoms with Crippen molar-refractivity contribution in [1.82, 2.24) is 10.2 Å². The van der Waals surface area contributed by atoms with Crippen molar-refractivity contribution in [3.05, 3.63) is 35.9 Å². The van der Waals surface area contributed by atoms with Crippen molar-refractivity contribution in [2.75, 3.05) is 13.6 Å². The van der Waals surface area contributed by atoms with Crippen LogP contribution in [0.15, 0.2) is 30.3 Å². The summed E-state index contributed by atoms with van der Waals surface area (Å²) in [5.74, 6) is 0.0229. The monoisotopic (exact) mass is 276 g/mol. The minimum Gasteiger partial charge on any atom is -0.386 e. The van der Waals surface area contributed by atoms with Gasteiger partial charge in [-0.05, 0) is 38.9 Å². The van der Waals surface area contributed by atoms with E-state index in [1.807, 2.05) is 44.3 Å². The van der Waals surface area contributed by atoms with Crippen LogP contribution in [0.25, 0.3) is 0 Å². The Balaban J connectivity index is 1.93. The Morgan fingerprint density at radius 2 is 2.05 bits per heavy atom. The van der Waals surface area contributed by atoms with E-state index >= 15 is 0 Å². The first-order valence-electron chi connectivity index (χ1n) is 7.33. The Morgan fingerprint density at radius 1 is 1.35 bits per heavy atom. The van der Waals surface area contributed by atoms with Crippen molar-refractivity contribution in [2.45, 2.75) is 44.4 Å². The first kappa shape index (κ1) is 15.0. The third-order valence-electron chi connectivity index (χ3n) is 4.06. The normalized spacial score (nSPS) is 23.1. The predicted molar refractivity (Wildman–Crippen MR) is 79.3 cm³/mol. The first-order valence-corrected chi connectivity index (χ1v) is 7.33. The van der Waals surface area contributed by atoms with Crippen LogP contribution >= 0.6 is 0 Å². The number of rotatable bonds is 4. The van der Waals surface area contributed by atoms with Crippen LogP contribution in [0.4, 0.5) is 0 Å². The molecule has 4 nitrogen and oxygen atoms in total. The molecule has 20 heavy (non-hydrogen) atoms. The highest BCUT2D eigenvalue weighted by atomic mass is 16.3. The molecule has 2 rings (SSSR count). The average molecular weight is 276 g/mol. The number of hydrogen-bond donors (Lipinski definition) is 2. The summed E-state index contributed by atoms with van der Waals surface area (Å²) in [6.45, 7) is 2.81. The summed E-state index contributed by atoms with van der Waals surface area (Å²) in [6, 6.07) is 9.09. The molecule has 0 radical (unpaired) electrons. The summed E-state index contributed by atoms with van der Waals surface area (Å²) < 4.78 is 0. The highest BCUT2D eigenvalue weighted by Gasteiger charge is 2.28. The molecule has 110 valence electrons. The number of carbonyl (C=O) groups is 1. The number of nitrogens with one attached hydrogen (secondary N) is 1. The predicted octanol–water partition coefficient (Wildman–Crippen LogP) is 1.71. The third-order valence-corrected chi connectivity index (χ3v) is 4.06. The molecule has 1 aliphatic rings. The quantitative estimate of drug-likeness (QED) is 0.880. The number of carbonyl (C=O) groups excluding carboxylic acids is 1. The highest BCUT2D eigenvalue weighted by molar-refractivity contribution is 5.82. The summed E-state index contributed by atoms with van der Waals surface area (Å²) in [5.41, 5.74) is 0.831. The number of benzene rings is 1. The molecule has 1 saturated heterocycles. The van der Waals surface area contributed by atoms with E-state index in [-0.39, 0.29) is 18.0 Å². The lowest BCUT2D eigenvalue weighted by molar-refractivity contribution is -0.128. The van der Waals surface area contributed by atoms with Gasteiger partial charge in [-0.3, -0.25) is 9.69 Å². The fraction of sp³-hybridized carbons (Fsp3) is 0.562. The van der Waals surface area contributed by atoms with Crippen LogP contribution in [0.2, 0.25) is 0 Å². The van der Waals surface area contributed by atoms with Crippen molar-refractivity contribution >= 4 is 5.91 Å². The number of amides is 1. The number of piperidine rings is 1.